The van der Waals surface area contributed by atoms with Crippen LogP contribution in [-0.4, -0.2) is 27.6 Å². The molecular formula is C27H34N4O2. The van der Waals surface area contributed by atoms with Gasteiger partial charge in [-0.2, -0.15) is 4.98 Å². The fourth-order valence-corrected chi connectivity index (χ4v) is 4.50. The van der Waals surface area contributed by atoms with E-state index in [1.54, 1.807) is 0 Å². The van der Waals surface area contributed by atoms with Crippen molar-refractivity contribution in [1.82, 2.24) is 15.0 Å². The molecule has 2 amide bonds. The van der Waals surface area contributed by atoms with Crippen molar-refractivity contribution >= 4 is 11.7 Å². The third kappa shape index (κ3) is 4.95. The largest absolute Gasteiger partial charge is 0.337 e. The maximum absolute atomic E-state index is 13.5. The van der Waals surface area contributed by atoms with Gasteiger partial charge in [0.15, 0.2) is 0 Å². The highest BCUT2D eigenvalue weighted by Gasteiger charge is 2.33. The molecule has 0 aliphatic carbocycles. The molecule has 2 heterocycles. The lowest BCUT2D eigenvalue weighted by atomic mass is 9.92. The first kappa shape index (κ1) is 23.0. The molecule has 1 aliphatic rings. The normalized spacial score (nSPS) is 16.5. The molecule has 1 saturated heterocycles. The Balaban J connectivity index is 1.60. The Bertz CT molecular complexity index is 1080. The summed E-state index contributed by atoms with van der Waals surface area (Å²) in [5, 5.41) is 7.45. The third-order valence-corrected chi connectivity index (χ3v) is 6.41. The van der Waals surface area contributed by atoms with Gasteiger partial charge in [0.25, 0.3) is 0 Å². The van der Waals surface area contributed by atoms with Crippen molar-refractivity contribution in [2.24, 2.45) is 0 Å². The van der Waals surface area contributed by atoms with Gasteiger partial charge in [-0.3, -0.25) is 0 Å². The number of carbonyl (C=O) groups excluding carboxylic acids is 1. The van der Waals surface area contributed by atoms with Gasteiger partial charge in [0.05, 0.1) is 0 Å². The molecule has 0 saturated carbocycles. The smallest absolute Gasteiger partial charge is 0.322 e. The molecule has 0 spiro atoms. The van der Waals surface area contributed by atoms with Crippen LogP contribution in [0.15, 0.2) is 47.0 Å². The number of rotatable bonds is 5. The van der Waals surface area contributed by atoms with Gasteiger partial charge in [0.2, 0.25) is 11.7 Å². The zero-order valence-electron chi connectivity index (χ0n) is 20.3. The number of aryl methyl sites for hydroxylation is 1. The average Bonchev–Trinajstić information content (AvgIpc) is 3.29. The fraction of sp³-hybridized carbons (Fsp3) is 0.444. The van der Waals surface area contributed by atoms with Crippen LogP contribution in [0.3, 0.4) is 0 Å². The number of amides is 2. The summed E-state index contributed by atoms with van der Waals surface area (Å²) >= 11 is 0. The lowest BCUT2D eigenvalue weighted by Crippen LogP contribution is -2.41. The molecule has 0 bridgehead atoms. The Morgan fingerprint density at radius 1 is 1.03 bits per heavy atom. The van der Waals surface area contributed by atoms with Gasteiger partial charge < -0.3 is 14.7 Å². The predicted molar refractivity (Wildman–Crippen MR) is 131 cm³/mol. The van der Waals surface area contributed by atoms with E-state index in [9.17, 15) is 4.79 Å². The molecule has 3 aromatic rings. The summed E-state index contributed by atoms with van der Waals surface area (Å²) in [5.41, 5.74) is 5.34. The summed E-state index contributed by atoms with van der Waals surface area (Å²) in [6.45, 7) is 11.3. The number of anilines is 1. The van der Waals surface area contributed by atoms with Gasteiger partial charge in [-0.25, -0.2) is 4.79 Å². The van der Waals surface area contributed by atoms with Crippen molar-refractivity contribution in [3.63, 3.8) is 0 Å². The summed E-state index contributed by atoms with van der Waals surface area (Å²) < 4.78 is 5.66. The van der Waals surface area contributed by atoms with Crippen LogP contribution >= 0.6 is 0 Å². The summed E-state index contributed by atoms with van der Waals surface area (Å²) in [4.78, 5) is 20.1. The van der Waals surface area contributed by atoms with Crippen LogP contribution in [0.25, 0.3) is 11.4 Å². The quantitative estimate of drug-likeness (QED) is 0.456. The second-order valence-corrected chi connectivity index (χ2v) is 9.58. The van der Waals surface area contributed by atoms with E-state index >= 15 is 0 Å². The lowest BCUT2D eigenvalue weighted by molar-refractivity contribution is 0.142. The summed E-state index contributed by atoms with van der Waals surface area (Å²) in [6.07, 6.45) is 2.80. The van der Waals surface area contributed by atoms with E-state index in [4.69, 9.17) is 4.52 Å². The van der Waals surface area contributed by atoms with E-state index in [0.29, 0.717) is 30.1 Å². The first-order valence-corrected chi connectivity index (χ1v) is 12.0. The van der Waals surface area contributed by atoms with Gasteiger partial charge >= 0.3 is 6.03 Å². The standard InChI is InChI=1S/C27H34N4O2/c1-17(2)21-9-8-10-22(18(3)4)24(21)28-27(32)31-16-7-6-11-23(31)26-29-25(30-33-26)20-14-12-19(5)13-15-20/h8-10,12-15,17-18,23H,6-7,11,16H2,1-5H3,(H,28,32). The fourth-order valence-electron chi connectivity index (χ4n) is 4.50. The Morgan fingerprint density at radius 3 is 2.33 bits per heavy atom. The topological polar surface area (TPSA) is 71.3 Å². The van der Waals surface area contributed by atoms with Gasteiger partial charge in [0, 0.05) is 17.8 Å². The number of likely N-dealkylation sites (tertiary alicyclic amines) is 1. The number of hydrogen-bond acceptors (Lipinski definition) is 4. The minimum absolute atomic E-state index is 0.107. The van der Waals surface area contributed by atoms with Crippen LogP contribution in [0.1, 0.15) is 87.4 Å². The number of nitrogens with zero attached hydrogens (tertiary/aromatic N) is 3. The number of nitrogens with one attached hydrogen (secondary N) is 1. The number of para-hydroxylation sites is 1. The van der Waals surface area contributed by atoms with E-state index in [1.165, 1.54) is 5.56 Å². The number of benzene rings is 2. The van der Waals surface area contributed by atoms with Crippen molar-refractivity contribution in [3.8, 4) is 11.4 Å². The van der Waals surface area contributed by atoms with Crippen LogP contribution < -0.4 is 5.32 Å². The van der Waals surface area contributed by atoms with Gasteiger partial charge in [0.1, 0.15) is 6.04 Å². The zero-order valence-corrected chi connectivity index (χ0v) is 20.3. The van der Waals surface area contributed by atoms with E-state index in [-0.39, 0.29) is 12.1 Å². The van der Waals surface area contributed by atoms with E-state index in [0.717, 1.165) is 41.6 Å². The van der Waals surface area contributed by atoms with E-state index in [1.807, 2.05) is 36.1 Å². The molecule has 174 valence electrons. The lowest BCUT2D eigenvalue weighted by Gasteiger charge is -2.34. The highest BCUT2D eigenvalue weighted by atomic mass is 16.5. The molecule has 1 atom stereocenters. The summed E-state index contributed by atoms with van der Waals surface area (Å²) in [7, 11) is 0. The zero-order chi connectivity index (χ0) is 23.5. The summed E-state index contributed by atoms with van der Waals surface area (Å²) in [5.74, 6) is 1.68. The van der Waals surface area contributed by atoms with Crippen molar-refractivity contribution < 1.29 is 9.32 Å². The van der Waals surface area contributed by atoms with Crippen LogP contribution in [-0.2, 0) is 0 Å². The van der Waals surface area contributed by atoms with E-state index < -0.39 is 0 Å². The van der Waals surface area contributed by atoms with E-state index in [2.05, 4.69) is 61.4 Å². The van der Waals surface area contributed by atoms with Crippen molar-refractivity contribution in [1.29, 1.82) is 0 Å². The van der Waals surface area contributed by atoms with Crippen molar-refractivity contribution in [2.75, 3.05) is 11.9 Å². The molecule has 6 heteroatoms. The highest BCUT2D eigenvalue weighted by Crippen LogP contribution is 2.35. The number of urea groups is 1. The molecule has 2 aromatic carbocycles. The minimum atomic E-state index is -0.223. The second-order valence-electron chi connectivity index (χ2n) is 9.58. The number of piperidine rings is 1. The molecule has 1 fully saturated rings. The van der Waals surface area contributed by atoms with Crippen molar-refractivity contribution in [2.45, 2.75) is 71.8 Å². The molecule has 1 N–H and O–H groups in total. The maximum Gasteiger partial charge on any atom is 0.322 e. The Labute approximate surface area is 196 Å². The monoisotopic (exact) mass is 446 g/mol. The predicted octanol–water partition coefficient (Wildman–Crippen LogP) is 7.05. The number of aromatic nitrogens is 2. The SMILES string of the molecule is Cc1ccc(-c2noc(C3CCCCN3C(=O)Nc3c(C(C)C)cccc3C(C)C)n2)cc1. The molecular weight excluding hydrogens is 412 g/mol. The molecule has 0 radical (unpaired) electrons. The van der Waals surface area contributed by atoms with Crippen LogP contribution in [0.2, 0.25) is 0 Å². The first-order valence-electron chi connectivity index (χ1n) is 12.0. The molecule has 1 aromatic heterocycles. The molecule has 6 nitrogen and oxygen atoms in total. The summed E-state index contributed by atoms with van der Waals surface area (Å²) in [6, 6.07) is 14.0. The Hall–Kier alpha value is -3.15. The first-order chi connectivity index (χ1) is 15.8. The minimum Gasteiger partial charge on any atom is -0.337 e. The Kier molecular flexibility index (Phi) is 6.82. The number of carbonyl (C=O) groups is 1. The third-order valence-electron chi connectivity index (χ3n) is 6.41. The molecule has 1 aliphatic heterocycles. The van der Waals surface area contributed by atoms with Crippen molar-refractivity contribution in [3.05, 3.63) is 65.0 Å². The van der Waals surface area contributed by atoms with Gasteiger partial charge in [-0.15, -0.1) is 0 Å². The van der Waals surface area contributed by atoms with Crippen LogP contribution in [0.4, 0.5) is 10.5 Å². The van der Waals surface area contributed by atoms with Gasteiger partial charge in [-0.1, -0.05) is 80.9 Å². The molecule has 4 rings (SSSR count). The molecule has 1 unspecified atom stereocenters. The maximum atomic E-state index is 13.5. The average molecular weight is 447 g/mol. The second kappa shape index (κ2) is 9.77. The highest BCUT2D eigenvalue weighted by molar-refractivity contribution is 5.91. The Morgan fingerprint density at radius 2 is 1.70 bits per heavy atom. The van der Waals surface area contributed by atoms with Gasteiger partial charge in [-0.05, 0) is 49.1 Å². The van der Waals surface area contributed by atoms with Crippen LogP contribution in [0, 0.1) is 6.92 Å². The number of hydrogen-bond donors (Lipinski definition) is 1. The molecule has 33 heavy (non-hydrogen) atoms. The van der Waals surface area contributed by atoms with Crippen LogP contribution in [0.5, 0.6) is 0 Å².